The summed E-state index contributed by atoms with van der Waals surface area (Å²) in [6.07, 6.45) is 16.1. The van der Waals surface area contributed by atoms with E-state index in [1.165, 1.54) is 70.6 Å². The molecule has 25 heavy (non-hydrogen) atoms. The van der Waals surface area contributed by atoms with E-state index in [0.29, 0.717) is 11.0 Å². The molecule has 1 atom stereocenters. The van der Waals surface area contributed by atoms with Crippen molar-refractivity contribution in [1.29, 1.82) is 0 Å². The van der Waals surface area contributed by atoms with Crippen molar-refractivity contribution < 1.29 is 0 Å². The van der Waals surface area contributed by atoms with Crippen molar-refractivity contribution in [3.05, 3.63) is 12.2 Å². The maximum absolute atomic E-state index is 4.63. The van der Waals surface area contributed by atoms with Gasteiger partial charge in [0.05, 0.1) is 0 Å². The number of thioether (sulfide) groups is 1. The third kappa shape index (κ3) is 6.92. The molecule has 140 valence electrons. The second-order valence-electron chi connectivity index (χ2n) is 6.82. The van der Waals surface area contributed by atoms with Gasteiger partial charge in [0.25, 0.3) is 5.78 Å². The molecular formula is C19H33N5S. The Bertz CT molecular complexity index is 613. The van der Waals surface area contributed by atoms with Gasteiger partial charge in [-0.25, -0.2) is 4.98 Å². The van der Waals surface area contributed by atoms with Gasteiger partial charge >= 0.3 is 0 Å². The molecule has 0 saturated heterocycles. The van der Waals surface area contributed by atoms with Crippen LogP contribution in [0.3, 0.4) is 0 Å². The topological polar surface area (TPSA) is 56.0 Å². The summed E-state index contributed by atoms with van der Waals surface area (Å²) in [6.45, 7) is 6.47. The lowest BCUT2D eigenvalue weighted by Gasteiger charge is -2.16. The summed E-state index contributed by atoms with van der Waals surface area (Å²) in [7, 11) is 0. The first-order valence-electron chi connectivity index (χ1n) is 9.95. The van der Waals surface area contributed by atoms with E-state index in [-0.39, 0.29) is 0 Å². The summed E-state index contributed by atoms with van der Waals surface area (Å²) in [5.41, 5.74) is 0. The number of hydrogen-bond acceptors (Lipinski definition) is 5. The molecule has 0 fully saturated rings. The minimum Gasteiger partial charge on any atom is -0.207 e. The Hall–Kier alpha value is -1.17. The number of rotatable bonds is 13. The molecule has 0 spiro atoms. The highest BCUT2D eigenvalue weighted by Gasteiger charge is 2.15. The molecule has 1 unspecified atom stereocenters. The zero-order valence-corrected chi connectivity index (χ0v) is 16.9. The number of hydrogen-bond donors (Lipinski definition) is 0. The molecular weight excluding hydrogens is 330 g/mol. The third-order valence-corrected chi connectivity index (χ3v) is 5.79. The minimum atomic E-state index is 0.611. The van der Waals surface area contributed by atoms with Crippen LogP contribution in [0.2, 0.25) is 0 Å². The van der Waals surface area contributed by atoms with Crippen LogP contribution in [0.15, 0.2) is 11.5 Å². The van der Waals surface area contributed by atoms with Gasteiger partial charge in [-0.3, -0.25) is 0 Å². The molecule has 0 aliphatic rings. The smallest absolute Gasteiger partial charge is 0.207 e. The van der Waals surface area contributed by atoms with Crippen LogP contribution in [-0.2, 0) is 0 Å². The quantitative estimate of drug-likeness (QED) is 0.341. The molecule has 0 aromatic carbocycles. The van der Waals surface area contributed by atoms with E-state index >= 15 is 0 Å². The third-order valence-electron chi connectivity index (χ3n) is 4.51. The molecule has 0 saturated carbocycles. The normalized spacial score (nSPS) is 12.8. The van der Waals surface area contributed by atoms with Crippen LogP contribution in [0, 0.1) is 6.92 Å². The van der Waals surface area contributed by atoms with Crippen molar-refractivity contribution in [2.24, 2.45) is 0 Å². The van der Waals surface area contributed by atoms with Gasteiger partial charge < -0.3 is 0 Å². The minimum absolute atomic E-state index is 0.611. The average Bonchev–Trinajstić information content (AvgIpc) is 3.06. The van der Waals surface area contributed by atoms with Gasteiger partial charge in [0.2, 0.25) is 0 Å². The van der Waals surface area contributed by atoms with Crippen molar-refractivity contribution >= 4 is 17.5 Å². The summed E-state index contributed by atoms with van der Waals surface area (Å²) in [5.74, 6) is 1.43. The molecule has 0 amide bonds. The van der Waals surface area contributed by atoms with Crippen molar-refractivity contribution in [2.75, 3.05) is 0 Å². The van der Waals surface area contributed by atoms with Gasteiger partial charge in [0, 0.05) is 5.25 Å². The van der Waals surface area contributed by atoms with Gasteiger partial charge in [0.15, 0.2) is 5.16 Å². The lowest BCUT2D eigenvalue weighted by molar-refractivity contribution is 0.555. The maximum atomic E-state index is 4.63. The van der Waals surface area contributed by atoms with Crippen molar-refractivity contribution in [1.82, 2.24) is 24.6 Å². The highest BCUT2D eigenvalue weighted by Crippen LogP contribution is 2.29. The first-order valence-corrected chi connectivity index (χ1v) is 10.8. The monoisotopic (exact) mass is 363 g/mol. The lowest BCUT2D eigenvalue weighted by atomic mass is 10.0. The van der Waals surface area contributed by atoms with Crippen LogP contribution in [-0.4, -0.2) is 29.8 Å². The van der Waals surface area contributed by atoms with Crippen molar-refractivity contribution in [3.63, 3.8) is 0 Å². The predicted octanol–water partition coefficient (Wildman–Crippen LogP) is 5.62. The van der Waals surface area contributed by atoms with Gasteiger partial charge in [-0.05, 0) is 19.8 Å². The number of aromatic nitrogens is 5. The van der Waals surface area contributed by atoms with Crippen molar-refractivity contribution in [3.8, 4) is 0 Å². The Morgan fingerprint density at radius 2 is 1.56 bits per heavy atom. The molecule has 2 aromatic rings. The molecule has 2 rings (SSSR count). The summed E-state index contributed by atoms with van der Waals surface area (Å²) in [6, 6.07) is 0. The Morgan fingerprint density at radius 1 is 0.920 bits per heavy atom. The second-order valence-corrected chi connectivity index (χ2v) is 8.08. The first-order chi connectivity index (χ1) is 12.2. The molecule has 0 N–H and O–H groups in total. The van der Waals surface area contributed by atoms with Gasteiger partial charge in [-0.2, -0.15) is 19.6 Å². The lowest BCUT2D eigenvalue weighted by Crippen LogP contribution is -2.08. The number of unbranched alkanes of at least 4 members (excludes halogenated alkanes) is 7. The number of fused-ring (bicyclic) bond motifs is 1. The van der Waals surface area contributed by atoms with Crippen LogP contribution in [0.4, 0.5) is 0 Å². The van der Waals surface area contributed by atoms with Gasteiger partial charge in [-0.1, -0.05) is 83.4 Å². The van der Waals surface area contributed by atoms with Crippen molar-refractivity contribution in [2.45, 2.75) is 102 Å². The summed E-state index contributed by atoms with van der Waals surface area (Å²) < 4.78 is 1.79. The van der Waals surface area contributed by atoms with E-state index in [1.54, 1.807) is 10.8 Å². The fraction of sp³-hybridized carbons (Fsp3) is 0.789. The average molecular weight is 364 g/mol. The van der Waals surface area contributed by atoms with Crippen LogP contribution in [0.1, 0.15) is 90.3 Å². The van der Waals surface area contributed by atoms with Crippen LogP contribution in [0.25, 0.3) is 5.78 Å². The van der Waals surface area contributed by atoms with Gasteiger partial charge in [-0.15, -0.1) is 0 Å². The molecule has 0 bridgehead atoms. The SMILES string of the molecule is CCCCCCCC(CCCCCC)Sc1nc(C)nc2ncnn12. The Balaban J connectivity index is 1.96. The summed E-state index contributed by atoms with van der Waals surface area (Å²) in [4.78, 5) is 13.2. The highest BCUT2D eigenvalue weighted by atomic mass is 32.2. The largest absolute Gasteiger partial charge is 0.256 e. The van der Waals surface area contributed by atoms with Crippen LogP contribution < -0.4 is 0 Å². The van der Waals surface area contributed by atoms with E-state index in [9.17, 15) is 0 Å². The van der Waals surface area contributed by atoms with E-state index in [1.807, 2.05) is 18.7 Å². The fourth-order valence-electron chi connectivity index (χ4n) is 3.06. The maximum Gasteiger partial charge on any atom is 0.256 e. The number of aryl methyl sites for hydroxylation is 1. The Kier molecular flexibility index (Phi) is 9.22. The summed E-state index contributed by atoms with van der Waals surface area (Å²) >= 11 is 1.87. The van der Waals surface area contributed by atoms with Gasteiger partial charge in [0.1, 0.15) is 12.2 Å². The van der Waals surface area contributed by atoms with E-state index < -0.39 is 0 Å². The molecule has 0 aliphatic heterocycles. The molecule has 5 nitrogen and oxygen atoms in total. The Morgan fingerprint density at radius 3 is 2.24 bits per heavy atom. The molecule has 6 heteroatoms. The molecule has 0 radical (unpaired) electrons. The molecule has 2 heterocycles. The molecule has 2 aromatic heterocycles. The second kappa shape index (κ2) is 11.4. The van der Waals surface area contributed by atoms with E-state index in [2.05, 4.69) is 33.9 Å². The van der Waals surface area contributed by atoms with E-state index in [0.717, 1.165) is 11.0 Å². The summed E-state index contributed by atoms with van der Waals surface area (Å²) in [5, 5.41) is 5.85. The van der Waals surface area contributed by atoms with Crippen LogP contribution in [0.5, 0.6) is 0 Å². The van der Waals surface area contributed by atoms with Crippen LogP contribution >= 0.6 is 11.8 Å². The zero-order chi connectivity index (χ0) is 17.9. The highest BCUT2D eigenvalue weighted by molar-refractivity contribution is 7.99. The zero-order valence-electron chi connectivity index (χ0n) is 16.1. The predicted molar refractivity (Wildman–Crippen MR) is 105 cm³/mol. The molecule has 0 aliphatic carbocycles. The fourth-order valence-corrected chi connectivity index (χ4v) is 4.34. The Labute approximate surface area is 156 Å². The first kappa shape index (κ1) is 20.1. The standard InChI is InChI=1S/C19H33N5S/c1-4-6-8-10-12-14-17(13-11-9-7-5-2)25-19-23-16(3)22-18-20-15-21-24(18)19/h15,17H,4-14H2,1-3H3. The number of nitrogens with zero attached hydrogens (tertiary/aromatic N) is 5. The van der Waals surface area contributed by atoms with E-state index in [4.69, 9.17) is 0 Å².